The maximum Gasteiger partial charge on any atom is 0.270 e. The first-order valence-corrected chi connectivity index (χ1v) is 10.3. The van der Waals surface area contributed by atoms with E-state index in [0.717, 1.165) is 16.9 Å². The quantitative estimate of drug-likeness (QED) is 0.316. The van der Waals surface area contributed by atoms with Crippen LogP contribution in [0.1, 0.15) is 18.1 Å². The number of nitro groups is 1. The molecule has 1 aliphatic heterocycles. The molecule has 9 nitrogen and oxygen atoms in total. The molecule has 1 aromatic heterocycles. The number of para-hydroxylation sites is 1. The Kier molecular flexibility index (Phi) is 5.86. The summed E-state index contributed by atoms with van der Waals surface area (Å²) in [7, 11) is 1.62. The molecule has 0 saturated heterocycles. The fourth-order valence-corrected chi connectivity index (χ4v) is 4.31. The summed E-state index contributed by atoms with van der Waals surface area (Å²) in [6.45, 7) is 3.10. The number of fused-ring (bicyclic) bond motifs is 1. The van der Waals surface area contributed by atoms with E-state index >= 15 is 0 Å². The monoisotopic (exact) mass is 428 g/mol. The van der Waals surface area contributed by atoms with Gasteiger partial charge in [-0.3, -0.25) is 10.1 Å². The first-order valence-electron chi connectivity index (χ1n) is 9.32. The van der Waals surface area contributed by atoms with Crippen molar-refractivity contribution in [1.82, 2.24) is 14.8 Å². The van der Waals surface area contributed by atoms with Crippen LogP contribution in [0.15, 0.2) is 41.6 Å². The zero-order valence-corrected chi connectivity index (χ0v) is 17.3. The third kappa shape index (κ3) is 3.83. The van der Waals surface area contributed by atoms with E-state index in [-0.39, 0.29) is 19.1 Å². The summed E-state index contributed by atoms with van der Waals surface area (Å²) in [4.78, 5) is 10.9. The van der Waals surface area contributed by atoms with Gasteiger partial charge in [0, 0.05) is 35.6 Å². The van der Waals surface area contributed by atoms with E-state index in [2.05, 4.69) is 10.2 Å². The lowest BCUT2D eigenvalue weighted by Crippen LogP contribution is -2.13. The van der Waals surface area contributed by atoms with Crippen LogP contribution < -0.4 is 9.47 Å². The van der Waals surface area contributed by atoms with Crippen LogP contribution in [-0.4, -0.2) is 33.6 Å². The third-order valence-corrected chi connectivity index (χ3v) is 5.74. The molecule has 30 heavy (non-hydrogen) atoms. The lowest BCUT2D eigenvalue weighted by Gasteiger charge is -2.20. The summed E-state index contributed by atoms with van der Waals surface area (Å²) < 4.78 is 18.3. The standard InChI is InChI=1S/C20H20N4O5S/c1-3-23-19(16-6-4-5-7-17(16)27-2)21-22-20(23)30-11-14-9-15(24(25)26)8-13-10-28-12-29-18(13)14/h4-9H,3,10-12H2,1-2H3. The molecular formula is C20H20N4O5S. The first kappa shape index (κ1) is 20.2. The van der Waals surface area contributed by atoms with Gasteiger partial charge in [-0.05, 0) is 19.1 Å². The second kappa shape index (κ2) is 8.72. The van der Waals surface area contributed by atoms with E-state index in [1.807, 2.05) is 35.8 Å². The Hall–Kier alpha value is -3.11. The van der Waals surface area contributed by atoms with Gasteiger partial charge < -0.3 is 18.8 Å². The normalized spacial score (nSPS) is 12.9. The molecule has 0 aliphatic carbocycles. The number of thioether (sulfide) groups is 1. The van der Waals surface area contributed by atoms with Gasteiger partial charge in [0.05, 0.1) is 24.2 Å². The number of non-ortho nitro benzene ring substituents is 1. The number of methoxy groups -OCH3 is 1. The zero-order chi connectivity index (χ0) is 21.1. The summed E-state index contributed by atoms with van der Waals surface area (Å²) in [6.07, 6.45) is 0. The van der Waals surface area contributed by atoms with Crippen molar-refractivity contribution in [3.05, 3.63) is 57.6 Å². The van der Waals surface area contributed by atoms with Gasteiger partial charge in [0.1, 0.15) is 11.5 Å². The van der Waals surface area contributed by atoms with E-state index in [1.54, 1.807) is 13.2 Å². The Morgan fingerprint density at radius 1 is 1.30 bits per heavy atom. The van der Waals surface area contributed by atoms with Gasteiger partial charge in [0.15, 0.2) is 17.8 Å². The zero-order valence-electron chi connectivity index (χ0n) is 16.5. The molecule has 4 rings (SSSR count). The van der Waals surface area contributed by atoms with Crippen LogP contribution in [0.5, 0.6) is 11.5 Å². The van der Waals surface area contributed by atoms with Gasteiger partial charge in [0.2, 0.25) is 0 Å². The Morgan fingerprint density at radius 2 is 2.13 bits per heavy atom. The van der Waals surface area contributed by atoms with E-state index in [4.69, 9.17) is 14.2 Å². The highest BCUT2D eigenvalue weighted by atomic mass is 32.2. The van der Waals surface area contributed by atoms with Crippen LogP contribution in [-0.2, 0) is 23.6 Å². The number of nitro benzene ring substituents is 1. The van der Waals surface area contributed by atoms with E-state index in [1.165, 1.54) is 17.8 Å². The lowest BCUT2D eigenvalue weighted by molar-refractivity contribution is -0.385. The molecule has 0 unspecified atom stereocenters. The highest BCUT2D eigenvalue weighted by Crippen LogP contribution is 2.37. The summed E-state index contributed by atoms with van der Waals surface area (Å²) in [5.74, 6) is 2.53. The molecule has 2 aromatic carbocycles. The second-order valence-corrected chi connectivity index (χ2v) is 7.44. The van der Waals surface area contributed by atoms with Crippen LogP contribution in [0.3, 0.4) is 0 Å². The molecule has 0 radical (unpaired) electrons. The highest BCUT2D eigenvalue weighted by Gasteiger charge is 2.22. The molecule has 0 bridgehead atoms. The maximum atomic E-state index is 11.3. The minimum absolute atomic E-state index is 0.0186. The molecule has 2 heterocycles. The van der Waals surface area contributed by atoms with Gasteiger partial charge in [-0.1, -0.05) is 23.9 Å². The number of ether oxygens (including phenoxy) is 3. The van der Waals surface area contributed by atoms with Crippen LogP contribution in [0.25, 0.3) is 11.4 Å². The molecular weight excluding hydrogens is 408 g/mol. The maximum absolute atomic E-state index is 11.3. The smallest absolute Gasteiger partial charge is 0.270 e. The van der Waals surface area contributed by atoms with Crippen molar-refractivity contribution >= 4 is 17.4 Å². The van der Waals surface area contributed by atoms with Crippen molar-refractivity contribution < 1.29 is 19.1 Å². The summed E-state index contributed by atoms with van der Waals surface area (Å²) in [5.41, 5.74) is 2.29. The largest absolute Gasteiger partial charge is 0.496 e. The number of benzene rings is 2. The molecule has 0 spiro atoms. The highest BCUT2D eigenvalue weighted by molar-refractivity contribution is 7.98. The van der Waals surface area contributed by atoms with E-state index in [0.29, 0.717) is 34.6 Å². The van der Waals surface area contributed by atoms with Crippen LogP contribution in [0.4, 0.5) is 5.69 Å². The predicted octanol–water partition coefficient (Wildman–Crippen LogP) is 4.04. The molecule has 0 amide bonds. The Bertz CT molecular complexity index is 1090. The molecule has 0 fully saturated rings. The topological polar surface area (TPSA) is 102 Å². The lowest BCUT2D eigenvalue weighted by atomic mass is 10.1. The van der Waals surface area contributed by atoms with Crippen LogP contribution >= 0.6 is 11.8 Å². The Balaban J connectivity index is 1.64. The van der Waals surface area contributed by atoms with Crippen LogP contribution in [0, 0.1) is 10.1 Å². The average Bonchev–Trinajstić information content (AvgIpc) is 3.19. The first-order chi connectivity index (χ1) is 14.6. The molecule has 3 aromatic rings. The molecule has 0 N–H and O–H groups in total. The fraction of sp³-hybridized carbons (Fsp3) is 0.300. The Labute approximate surface area is 177 Å². The molecule has 0 saturated carbocycles. The van der Waals surface area contributed by atoms with E-state index in [9.17, 15) is 10.1 Å². The van der Waals surface area contributed by atoms with Crippen molar-refractivity contribution in [3.8, 4) is 22.9 Å². The minimum atomic E-state index is -0.405. The van der Waals surface area contributed by atoms with Crippen molar-refractivity contribution in [2.45, 2.75) is 31.0 Å². The van der Waals surface area contributed by atoms with Gasteiger partial charge in [-0.2, -0.15) is 0 Å². The summed E-state index contributed by atoms with van der Waals surface area (Å²) >= 11 is 1.45. The molecule has 10 heteroatoms. The Morgan fingerprint density at radius 3 is 2.90 bits per heavy atom. The summed E-state index contributed by atoms with van der Waals surface area (Å²) in [6, 6.07) is 10.7. The molecule has 0 atom stereocenters. The number of aromatic nitrogens is 3. The minimum Gasteiger partial charge on any atom is -0.496 e. The molecule has 1 aliphatic rings. The van der Waals surface area contributed by atoms with Gasteiger partial charge in [0.25, 0.3) is 5.69 Å². The summed E-state index contributed by atoms with van der Waals surface area (Å²) in [5, 5.41) is 20.7. The van der Waals surface area contributed by atoms with Gasteiger partial charge >= 0.3 is 0 Å². The van der Waals surface area contributed by atoms with Crippen molar-refractivity contribution in [1.29, 1.82) is 0 Å². The van der Waals surface area contributed by atoms with E-state index < -0.39 is 4.92 Å². The van der Waals surface area contributed by atoms with Gasteiger partial charge in [-0.25, -0.2) is 0 Å². The molecule has 156 valence electrons. The third-order valence-electron chi connectivity index (χ3n) is 4.72. The number of nitrogens with zero attached hydrogens (tertiary/aromatic N) is 4. The number of hydrogen-bond acceptors (Lipinski definition) is 8. The fourth-order valence-electron chi connectivity index (χ4n) is 3.34. The van der Waals surface area contributed by atoms with Crippen molar-refractivity contribution in [2.75, 3.05) is 13.9 Å². The average molecular weight is 428 g/mol. The van der Waals surface area contributed by atoms with Gasteiger partial charge in [-0.15, -0.1) is 10.2 Å². The van der Waals surface area contributed by atoms with Crippen molar-refractivity contribution in [2.24, 2.45) is 0 Å². The number of rotatable bonds is 7. The SMILES string of the molecule is CCn1c(SCc2cc([N+](=O)[O-])cc3c2OCOC3)nnc1-c1ccccc1OC. The number of hydrogen-bond donors (Lipinski definition) is 0. The van der Waals surface area contributed by atoms with Crippen LogP contribution in [0.2, 0.25) is 0 Å². The second-order valence-electron chi connectivity index (χ2n) is 6.50. The predicted molar refractivity (Wildman–Crippen MR) is 111 cm³/mol. The van der Waals surface area contributed by atoms with Crippen molar-refractivity contribution in [3.63, 3.8) is 0 Å².